The van der Waals surface area contributed by atoms with Crippen LogP contribution in [0.2, 0.25) is 5.02 Å². The highest BCUT2D eigenvalue weighted by Gasteiger charge is 2.20. The highest BCUT2D eigenvalue weighted by molar-refractivity contribution is 6.31. The molecule has 3 rings (SSSR count). The van der Waals surface area contributed by atoms with Crippen LogP contribution in [0.25, 0.3) is 0 Å². The standard InChI is InChI=1S/C24H29ClN2O4/c1-30-22-15-18(11-12-21(22)31-16-19-9-5-6-10-20(19)25)24(29)27-14-13-26-23(28)17-7-3-2-4-8-17/h5-6,9-12,15,17H,2-4,7-8,13-14,16H2,1H3,(H,26,28)(H,27,29). The predicted octanol–water partition coefficient (Wildman–Crippen LogP) is 4.35. The van der Waals surface area contributed by atoms with Crippen LogP contribution in [0, 0.1) is 5.92 Å². The summed E-state index contributed by atoms with van der Waals surface area (Å²) in [5.74, 6) is 0.967. The first-order valence-electron chi connectivity index (χ1n) is 10.7. The van der Waals surface area contributed by atoms with E-state index in [2.05, 4.69) is 10.6 Å². The van der Waals surface area contributed by atoms with Crippen molar-refractivity contribution in [1.82, 2.24) is 10.6 Å². The van der Waals surface area contributed by atoms with Crippen LogP contribution in [0.1, 0.15) is 48.0 Å². The van der Waals surface area contributed by atoms with Gasteiger partial charge in [-0.2, -0.15) is 0 Å². The second-order valence-corrected chi connectivity index (χ2v) is 8.03. The summed E-state index contributed by atoms with van der Waals surface area (Å²) in [6, 6.07) is 12.5. The molecule has 0 unspecified atom stereocenters. The van der Waals surface area contributed by atoms with Crippen molar-refractivity contribution in [2.45, 2.75) is 38.7 Å². The molecule has 0 atom stereocenters. The number of hydrogen-bond acceptors (Lipinski definition) is 4. The maximum absolute atomic E-state index is 12.5. The minimum atomic E-state index is -0.233. The van der Waals surface area contributed by atoms with Crippen LogP contribution in [0.15, 0.2) is 42.5 Å². The summed E-state index contributed by atoms with van der Waals surface area (Å²) >= 11 is 6.16. The Morgan fingerprint density at radius 2 is 1.74 bits per heavy atom. The summed E-state index contributed by atoms with van der Waals surface area (Å²) in [5.41, 5.74) is 1.32. The fourth-order valence-electron chi connectivity index (χ4n) is 3.67. The number of benzene rings is 2. The van der Waals surface area contributed by atoms with Gasteiger partial charge in [0.15, 0.2) is 11.5 Å². The third-order valence-corrected chi connectivity index (χ3v) is 5.82. The van der Waals surface area contributed by atoms with Gasteiger partial charge in [-0.15, -0.1) is 0 Å². The number of halogens is 1. The Kier molecular flexibility index (Phi) is 8.59. The van der Waals surface area contributed by atoms with Crippen molar-refractivity contribution in [3.05, 3.63) is 58.6 Å². The molecule has 166 valence electrons. The number of carbonyl (C=O) groups excluding carboxylic acids is 2. The van der Waals surface area contributed by atoms with Crippen LogP contribution in [-0.2, 0) is 11.4 Å². The van der Waals surface area contributed by atoms with Crippen LogP contribution in [0.3, 0.4) is 0 Å². The molecule has 1 fully saturated rings. The molecular weight excluding hydrogens is 416 g/mol. The predicted molar refractivity (Wildman–Crippen MR) is 121 cm³/mol. The normalized spacial score (nSPS) is 14.0. The van der Waals surface area contributed by atoms with Crippen molar-refractivity contribution in [1.29, 1.82) is 0 Å². The number of methoxy groups -OCH3 is 1. The summed E-state index contributed by atoms with van der Waals surface area (Å²) in [7, 11) is 1.53. The maximum Gasteiger partial charge on any atom is 0.251 e. The molecule has 1 aliphatic rings. The third-order valence-electron chi connectivity index (χ3n) is 5.45. The van der Waals surface area contributed by atoms with E-state index >= 15 is 0 Å². The number of amides is 2. The van der Waals surface area contributed by atoms with Crippen molar-refractivity contribution < 1.29 is 19.1 Å². The lowest BCUT2D eigenvalue weighted by atomic mass is 9.89. The SMILES string of the molecule is COc1cc(C(=O)NCCNC(=O)C2CCCCC2)ccc1OCc1ccccc1Cl. The van der Waals surface area contributed by atoms with Gasteiger partial charge in [0.25, 0.3) is 5.91 Å². The van der Waals surface area contributed by atoms with Gasteiger partial charge in [0.1, 0.15) is 6.61 Å². The minimum absolute atomic E-state index is 0.0932. The number of carbonyl (C=O) groups is 2. The summed E-state index contributed by atoms with van der Waals surface area (Å²) in [6.45, 7) is 1.07. The monoisotopic (exact) mass is 444 g/mol. The van der Waals surface area contributed by atoms with Crippen LogP contribution in [0.5, 0.6) is 11.5 Å². The van der Waals surface area contributed by atoms with Crippen molar-refractivity contribution in [3.8, 4) is 11.5 Å². The van der Waals surface area contributed by atoms with Gasteiger partial charge in [0.2, 0.25) is 5.91 Å². The molecule has 2 aromatic rings. The number of hydrogen-bond donors (Lipinski definition) is 2. The molecule has 1 aliphatic carbocycles. The zero-order valence-electron chi connectivity index (χ0n) is 17.8. The fraction of sp³-hybridized carbons (Fsp3) is 0.417. The Labute approximate surface area is 188 Å². The van der Waals surface area contributed by atoms with Crippen LogP contribution in [0.4, 0.5) is 0 Å². The lowest BCUT2D eigenvalue weighted by molar-refractivity contribution is -0.125. The first-order chi connectivity index (χ1) is 15.1. The van der Waals surface area contributed by atoms with E-state index in [9.17, 15) is 9.59 Å². The topological polar surface area (TPSA) is 76.7 Å². The molecular formula is C24H29ClN2O4. The Morgan fingerprint density at radius 1 is 1.00 bits per heavy atom. The Bertz CT molecular complexity index is 897. The van der Waals surface area contributed by atoms with Crippen molar-refractivity contribution in [3.63, 3.8) is 0 Å². The average molecular weight is 445 g/mol. The second-order valence-electron chi connectivity index (χ2n) is 7.63. The lowest BCUT2D eigenvalue weighted by Gasteiger charge is -2.20. The third kappa shape index (κ3) is 6.62. The van der Waals surface area contributed by atoms with Crippen LogP contribution < -0.4 is 20.1 Å². The zero-order chi connectivity index (χ0) is 22.1. The second kappa shape index (κ2) is 11.6. The molecule has 0 radical (unpaired) electrons. The molecule has 0 aliphatic heterocycles. The van der Waals surface area contributed by atoms with E-state index in [1.807, 2.05) is 24.3 Å². The first-order valence-corrected chi connectivity index (χ1v) is 11.1. The van der Waals surface area contributed by atoms with Gasteiger partial charge in [-0.1, -0.05) is 49.1 Å². The van der Waals surface area contributed by atoms with E-state index in [0.29, 0.717) is 41.8 Å². The Morgan fingerprint density at radius 3 is 2.48 bits per heavy atom. The lowest BCUT2D eigenvalue weighted by Crippen LogP contribution is -2.38. The van der Waals surface area contributed by atoms with Crippen molar-refractivity contribution in [2.75, 3.05) is 20.2 Å². The van der Waals surface area contributed by atoms with E-state index < -0.39 is 0 Å². The molecule has 0 aromatic heterocycles. The van der Waals surface area contributed by atoms with E-state index in [-0.39, 0.29) is 17.7 Å². The molecule has 0 heterocycles. The number of nitrogens with one attached hydrogen (secondary N) is 2. The molecule has 0 saturated heterocycles. The van der Waals surface area contributed by atoms with Gasteiger partial charge in [0, 0.05) is 35.2 Å². The Balaban J connectivity index is 1.48. The van der Waals surface area contributed by atoms with Gasteiger partial charge < -0.3 is 20.1 Å². The number of rotatable bonds is 9. The van der Waals surface area contributed by atoms with Crippen LogP contribution >= 0.6 is 11.6 Å². The highest BCUT2D eigenvalue weighted by Crippen LogP contribution is 2.29. The van der Waals surface area contributed by atoms with Crippen molar-refractivity contribution >= 4 is 23.4 Å². The molecule has 6 nitrogen and oxygen atoms in total. The van der Waals surface area contributed by atoms with E-state index in [1.54, 1.807) is 18.2 Å². The molecule has 2 N–H and O–H groups in total. The van der Waals surface area contributed by atoms with Gasteiger partial charge in [-0.25, -0.2) is 0 Å². The molecule has 0 spiro atoms. The van der Waals surface area contributed by atoms with E-state index in [1.165, 1.54) is 13.5 Å². The van der Waals surface area contributed by atoms with E-state index in [4.69, 9.17) is 21.1 Å². The summed E-state index contributed by atoms with van der Waals surface area (Å²) in [5, 5.41) is 6.38. The zero-order valence-corrected chi connectivity index (χ0v) is 18.5. The largest absolute Gasteiger partial charge is 0.493 e. The molecule has 2 aromatic carbocycles. The fourth-order valence-corrected chi connectivity index (χ4v) is 3.86. The molecule has 7 heteroatoms. The Hall–Kier alpha value is -2.73. The smallest absolute Gasteiger partial charge is 0.251 e. The maximum atomic E-state index is 12.5. The van der Waals surface area contributed by atoms with Gasteiger partial charge in [0.05, 0.1) is 7.11 Å². The van der Waals surface area contributed by atoms with Gasteiger partial charge in [-0.05, 0) is 37.1 Å². The van der Waals surface area contributed by atoms with Crippen LogP contribution in [-0.4, -0.2) is 32.0 Å². The average Bonchev–Trinajstić information content (AvgIpc) is 2.81. The van der Waals surface area contributed by atoms with Gasteiger partial charge in [-0.3, -0.25) is 9.59 Å². The van der Waals surface area contributed by atoms with Crippen molar-refractivity contribution in [2.24, 2.45) is 5.92 Å². The molecule has 1 saturated carbocycles. The first kappa shape index (κ1) is 22.9. The highest BCUT2D eigenvalue weighted by atomic mass is 35.5. The van der Waals surface area contributed by atoms with E-state index in [0.717, 1.165) is 31.2 Å². The number of ether oxygens (including phenoxy) is 2. The summed E-state index contributed by atoms with van der Waals surface area (Å²) in [6.07, 6.45) is 5.38. The summed E-state index contributed by atoms with van der Waals surface area (Å²) in [4.78, 5) is 24.6. The quantitative estimate of drug-likeness (QED) is 0.563. The minimum Gasteiger partial charge on any atom is -0.493 e. The summed E-state index contributed by atoms with van der Waals surface area (Å²) < 4.78 is 11.2. The molecule has 31 heavy (non-hydrogen) atoms. The molecule has 0 bridgehead atoms. The van der Waals surface area contributed by atoms with Gasteiger partial charge >= 0.3 is 0 Å². The molecule has 2 amide bonds.